The van der Waals surface area contributed by atoms with E-state index < -0.39 is 5.60 Å². The Morgan fingerprint density at radius 2 is 2.03 bits per heavy atom. The van der Waals surface area contributed by atoms with Gasteiger partial charge in [-0.1, -0.05) is 0 Å². The average molecular weight is 409 g/mol. The van der Waals surface area contributed by atoms with Gasteiger partial charge in [0, 0.05) is 50.1 Å². The van der Waals surface area contributed by atoms with E-state index in [0.717, 1.165) is 5.56 Å². The molecular formula is C21H23N5O4. The van der Waals surface area contributed by atoms with E-state index in [9.17, 15) is 9.59 Å². The molecule has 0 atom stereocenters. The van der Waals surface area contributed by atoms with Gasteiger partial charge in [-0.3, -0.25) is 19.0 Å². The predicted octanol–water partition coefficient (Wildman–Crippen LogP) is 2.38. The van der Waals surface area contributed by atoms with Crippen molar-refractivity contribution in [3.8, 4) is 11.5 Å². The summed E-state index contributed by atoms with van der Waals surface area (Å²) in [7, 11) is 3.51. The molecule has 9 nitrogen and oxygen atoms in total. The molecule has 0 saturated heterocycles. The molecule has 0 spiro atoms. The first-order chi connectivity index (χ1) is 14.2. The second-order valence-corrected chi connectivity index (χ2v) is 7.93. The number of aromatic nitrogens is 4. The first-order valence-corrected chi connectivity index (χ1v) is 9.52. The fraction of sp³-hybridized carbons (Fsp3) is 0.333. The van der Waals surface area contributed by atoms with Gasteiger partial charge in [-0.05, 0) is 26.0 Å². The molecule has 0 fully saturated rings. The van der Waals surface area contributed by atoms with Gasteiger partial charge in [0.2, 0.25) is 5.78 Å². The number of fused-ring (bicyclic) bond motifs is 1. The van der Waals surface area contributed by atoms with Crippen molar-refractivity contribution in [1.82, 2.24) is 19.6 Å². The Balaban J connectivity index is 1.58. The van der Waals surface area contributed by atoms with Gasteiger partial charge in [0.15, 0.2) is 12.4 Å². The molecule has 30 heavy (non-hydrogen) atoms. The number of amides is 1. The largest absolute Gasteiger partial charge is 0.487 e. The van der Waals surface area contributed by atoms with E-state index in [2.05, 4.69) is 15.5 Å². The maximum atomic E-state index is 12.7. The summed E-state index contributed by atoms with van der Waals surface area (Å²) in [5.41, 5.74) is 1.24. The zero-order valence-corrected chi connectivity index (χ0v) is 17.3. The Labute approximate surface area is 173 Å². The van der Waals surface area contributed by atoms with Crippen molar-refractivity contribution in [1.29, 1.82) is 0 Å². The first-order valence-electron chi connectivity index (χ1n) is 9.52. The van der Waals surface area contributed by atoms with Crippen LogP contribution in [0.4, 0.5) is 5.82 Å². The molecule has 0 aliphatic carbocycles. The Morgan fingerprint density at radius 3 is 2.70 bits per heavy atom. The van der Waals surface area contributed by atoms with Crippen molar-refractivity contribution < 1.29 is 19.1 Å². The molecule has 1 N–H and O–H groups in total. The van der Waals surface area contributed by atoms with Crippen molar-refractivity contribution in [2.45, 2.75) is 25.9 Å². The minimum absolute atomic E-state index is 0.163. The van der Waals surface area contributed by atoms with E-state index >= 15 is 0 Å². The van der Waals surface area contributed by atoms with E-state index in [1.165, 1.54) is 6.20 Å². The second kappa shape index (κ2) is 7.33. The number of hydrogen-bond donors (Lipinski definition) is 1. The molecule has 0 bridgehead atoms. The van der Waals surface area contributed by atoms with E-state index in [1.54, 1.807) is 54.1 Å². The standard InChI is InChI=1S/C21H23N5O4/c1-21(2)9-15-17(29-12-16(27)14-10-22-26(4)11-14)7-13(8-18(15)30-21)20(28)23-19-5-6-25(3)24-19/h5-8,10-11H,9,12H2,1-4H3,(H,23,24,28). The Morgan fingerprint density at radius 1 is 1.23 bits per heavy atom. The van der Waals surface area contributed by atoms with Crippen molar-refractivity contribution in [3.63, 3.8) is 0 Å². The zero-order valence-electron chi connectivity index (χ0n) is 17.3. The minimum Gasteiger partial charge on any atom is -0.487 e. The summed E-state index contributed by atoms with van der Waals surface area (Å²) < 4.78 is 15.0. The van der Waals surface area contributed by atoms with Crippen LogP contribution >= 0.6 is 0 Å². The highest BCUT2D eigenvalue weighted by molar-refractivity contribution is 6.04. The van der Waals surface area contributed by atoms with Crippen molar-refractivity contribution in [2.75, 3.05) is 11.9 Å². The monoisotopic (exact) mass is 409 g/mol. The number of carbonyl (C=O) groups excluding carboxylic acids is 2. The number of nitrogens with zero attached hydrogens (tertiary/aromatic N) is 4. The topological polar surface area (TPSA) is 100 Å². The number of ether oxygens (including phenoxy) is 2. The normalized spacial score (nSPS) is 14.1. The van der Waals surface area contributed by atoms with Gasteiger partial charge < -0.3 is 14.8 Å². The summed E-state index contributed by atoms with van der Waals surface area (Å²) in [6, 6.07) is 5.03. The van der Waals surface area contributed by atoms with Crippen LogP contribution in [-0.4, -0.2) is 43.5 Å². The average Bonchev–Trinajstić information content (AvgIpc) is 3.36. The molecule has 0 radical (unpaired) electrons. The van der Waals surface area contributed by atoms with Crippen LogP contribution in [0.15, 0.2) is 36.8 Å². The lowest BCUT2D eigenvalue weighted by Crippen LogP contribution is -2.24. The number of benzene rings is 1. The van der Waals surface area contributed by atoms with E-state index in [-0.39, 0.29) is 18.3 Å². The number of nitrogens with one attached hydrogen (secondary N) is 1. The molecule has 0 unspecified atom stereocenters. The van der Waals surface area contributed by atoms with Gasteiger partial charge in [0.1, 0.15) is 17.1 Å². The number of Topliss-reactive ketones (excluding diaryl/α,β-unsaturated/α-hetero) is 1. The molecule has 1 amide bonds. The fourth-order valence-electron chi connectivity index (χ4n) is 3.37. The van der Waals surface area contributed by atoms with Crippen molar-refractivity contribution in [3.05, 3.63) is 53.5 Å². The third-order valence-electron chi connectivity index (χ3n) is 4.76. The predicted molar refractivity (Wildman–Crippen MR) is 109 cm³/mol. The van der Waals surface area contributed by atoms with Gasteiger partial charge in [0.05, 0.1) is 11.8 Å². The lowest BCUT2D eigenvalue weighted by Gasteiger charge is -2.16. The molecule has 4 rings (SSSR count). The zero-order chi connectivity index (χ0) is 21.5. The van der Waals surface area contributed by atoms with Gasteiger partial charge >= 0.3 is 0 Å². The van der Waals surface area contributed by atoms with Gasteiger partial charge in [-0.2, -0.15) is 10.2 Å². The van der Waals surface area contributed by atoms with Crippen LogP contribution in [0.2, 0.25) is 0 Å². The van der Waals surface area contributed by atoms with Gasteiger partial charge in [0.25, 0.3) is 5.91 Å². The van der Waals surface area contributed by atoms with E-state index in [0.29, 0.717) is 34.9 Å². The van der Waals surface area contributed by atoms with Crippen molar-refractivity contribution >= 4 is 17.5 Å². The van der Waals surface area contributed by atoms with Gasteiger partial charge in [-0.25, -0.2) is 0 Å². The summed E-state index contributed by atoms with van der Waals surface area (Å²) >= 11 is 0. The maximum Gasteiger partial charge on any atom is 0.257 e. The first kappa shape index (κ1) is 19.7. The van der Waals surface area contributed by atoms with Gasteiger partial charge in [-0.15, -0.1) is 0 Å². The third kappa shape index (κ3) is 4.05. The summed E-state index contributed by atoms with van der Waals surface area (Å²) in [6.45, 7) is 3.76. The Hall–Kier alpha value is -3.62. The summed E-state index contributed by atoms with van der Waals surface area (Å²) in [5.74, 6) is 0.948. The molecule has 9 heteroatoms. The number of rotatable bonds is 6. The van der Waals surface area contributed by atoms with E-state index in [4.69, 9.17) is 9.47 Å². The number of anilines is 1. The molecular weight excluding hydrogens is 386 g/mol. The van der Waals surface area contributed by atoms with Crippen molar-refractivity contribution in [2.24, 2.45) is 14.1 Å². The van der Waals surface area contributed by atoms with Crippen LogP contribution in [0.1, 0.15) is 40.1 Å². The molecule has 2 aromatic heterocycles. The van der Waals surface area contributed by atoms with E-state index in [1.807, 2.05) is 13.8 Å². The third-order valence-corrected chi connectivity index (χ3v) is 4.76. The second-order valence-electron chi connectivity index (χ2n) is 7.93. The Kier molecular flexibility index (Phi) is 4.81. The van der Waals surface area contributed by atoms with Crippen LogP contribution in [0.25, 0.3) is 0 Å². The molecule has 1 aliphatic heterocycles. The lowest BCUT2D eigenvalue weighted by molar-refractivity contribution is 0.0921. The molecule has 3 heterocycles. The summed E-state index contributed by atoms with van der Waals surface area (Å²) in [6.07, 6.45) is 5.49. The SMILES string of the molecule is Cn1cc(C(=O)COc2cc(C(=O)Nc3ccn(C)n3)cc3c2CC(C)(C)O3)cn1. The number of aryl methyl sites for hydroxylation is 2. The van der Waals surface area contributed by atoms with Crippen LogP contribution in [0.3, 0.4) is 0 Å². The van der Waals surface area contributed by atoms with Crippen LogP contribution in [-0.2, 0) is 20.5 Å². The summed E-state index contributed by atoms with van der Waals surface area (Å²) in [5, 5.41) is 10.9. The molecule has 156 valence electrons. The Bertz CT molecular complexity index is 1130. The fourth-order valence-corrected chi connectivity index (χ4v) is 3.37. The summed E-state index contributed by atoms with van der Waals surface area (Å²) in [4.78, 5) is 25.2. The minimum atomic E-state index is -0.427. The molecule has 1 aromatic carbocycles. The number of ketones is 1. The quantitative estimate of drug-likeness (QED) is 0.628. The molecule has 0 saturated carbocycles. The number of carbonyl (C=O) groups is 2. The smallest absolute Gasteiger partial charge is 0.257 e. The van der Waals surface area contributed by atoms with Crippen LogP contribution < -0.4 is 14.8 Å². The highest BCUT2D eigenvalue weighted by atomic mass is 16.5. The molecule has 1 aliphatic rings. The van der Waals surface area contributed by atoms with Crippen LogP contribution in [0.5, 0.6) is 11.5 Å². The number of hydrogen-bond acceptors (Lipinski definition) is 6. The maximum absolute atomic E-state index is 12.7. The lowest BCUT2D eigenvalue weighted by atomic mass is 9.99. The molecule has 3 aromatic rings. The highest BCUT2D eigenvalue weighted by Gasteiger charge is 2.34. The van der Waals surface area contributed by atoms with Crippen LogP contribution in [0, 0.1) is 0 Å². The highest BCUT2D eigenvalue weighted by Crippen LogP contribution is 2.41.